The Kier molecular flexibility index (Phi) is 4.93. The number of nitrogen functional groups attached to an aromatic ring is 1. The SMILES string of the molecule is Cc1cc(Br)c(NC(=O)c2cc(Cl)ccc2I)cc1N. The summed E-state index contributed by atoms with van der Waals surface area (Å²) in [6, 6.07) is 8.79. The number of amides is 1. The van der Waals surface area contributed by atoms with Crippen molar-refractivity contribution in [2.45, 2.75) is 6.92 Å². The molecule has 1 amide bonds. The number of benzene rings is 2. The lowest BCUT2D eigenvalue weighted by Gasteiger charge is -2.11. The van der Waals surface area contributed by atoms with Crippen LogP contribution in [0.3, 0.4) is 0 Å². The van der Waals surface area contributed by atoms with Crippen LogP contribution in [0.2, 0.25) is 5.02 Å². The van der Waals surface area contributed by atoms with E-state index in [0.29, 0.717) is 22.0 Å². The second-order valence-electron chi connectivity index (χ2n) is 4.27. The van der Waals surface area contributed by atoms with Crippen LogP contribution in [-0.2, 0) is 0 Å². The lowest BCUT2D eigenvalue weighted by molar-refractivity contribution is 0.102. The first kappa shape index (κ1) is 15.6. The summed E-state index contributed by atoms with van der Waals surface area (Å²) in [4.78, 5) is 12.3. The van der Waals surface area contributed by atoms with E-state index in [4.69, 9.17) is 17.3 Å². The largest absolute Gasteiger partial charge is 0.398 e. The third-order valence-corrected chi connectivity index (χ3v) is 4.61. The zero-order chi connectivity index (χ0) is 14.9. The van der Waals surface area contributed by atoms with Gasteiger partial charge in [-0.25, -0.2) is 0 Å². The molecule has 2 rings (SSSR count). The molecule has 0 unspecified atom stereocenters. The molecule has 6 heteroatoms. The summed E-state index contributed by atoms with van der Waals surface area (Å²) >= 11 is 11.4. The van der Waals surface area contributed by atoms with E-state index >= 15 is 0 Å². The molecule has 0 atom stereocenters. The molecule has 20 heavy (non-hydrogen) atoms. The van der Waals surface area contributed by atoms with Crippen molar-refractivity contribution in [2.24, 2.45) is 0 Å². The zero-order valence-corrected chi connectivity index (χ0v) is 15.0. The maximum atomic E-state index is 12.3. The van der Waals surface area contributed by atoms with Gasteiger partial charge in [0.1, 0.15) is 0 Å². The molecule has 0 aromatic heterocycles. The first-order chi connectivity index (χ1) is 9.38. The Morgan fingerprint density at radius 3 is 2.75 bits per heavy atom. The minimum atomic E-state index is -0.221. The second kappa shape index (κ2) is 6.32. The van der Waals surface area contributed by atoms with Crippen molar-refractivity contribution in [3.63, 3.8) is 0 Å². The molecular formula is C14H11BrClIN2O. The number of nitrogens with two attached hydrogens (primary N) is 1. The third-order valence-electron chi connectivity index (χ3n) is 2.78. The van der Waals surface area contributed by atoms with Crippen LogP contribution < -0.4 is 11.1 Å². The molecule has 0 fully saturated rings. The number of hydrogen-bond donors (Lipinski definition) is 2. The first-order valence-corrected chi connectivity index (χ1v) is 7.95. The molecule has 0 heterocycles. The Hall–Kier alpha value is -0.790. The molecule has 2 aromatic carbocycles. The van der Waals surface area contributed by atoms with Gasteiger partial charge in [0.05, 0.1) is 11.3 Å². The fraction of sp³-hybridized carbons (Fsp3) is 0.0714. The van der Waals surface area contributed by atoms with Crippen LogP contribution in [0.15, 0.2) is 34.8 Å². The summed E-state index contributed by atoms with van der Waals surface area (Å²) in [5.74, 6) is -0.221. The number of hydrogen-bond acceptors (Lipinski definition) is 2. The molecule has 0 saturated carbocycles. The van der Waals surface area contributed by atoms with Gasteiger partial charge in [0.15, 0.2) is 0 Å². The van der Waals surface area contributed by atoms with Gasteiger partial charge in [-0.2, -0.15) is 0 Å². The van der Waals surface area contributed by atoms with Crippen LogP contribution in [0, 0.1) is 10.5 Å². The van der Waals surface area contributed by atoms with E-state index in [1.807, 2.05) is 13.0 Å². The molecule has 0 radical (unpaired) electrons. The number of carbonyl (C=O) groups is 1. The summed E-state index contributed by atoms with van der Waals surface area (Å²) < 4.78 is 1.62. The van der Waals surface area contributed by atoms with Crippen molar-refractivity contribution in [1.29, 1.82) is 0 Å². The summed E-state index contributed by atoms with van der Waals surface area (Å²) in [6.07, 6.45) is 0. The maximum Gasteiger partial charge on any atom is 0.256 e. The number of halogens is 3. The topological polar surface area (TPSA) is 55.1 Å². The number of carbonyl (C=O) groups excluding carboxylic acids is 1. The number of aryl methyl sites for hydroxylation is 1. The highest BCUT2D eigenvalue weighted by Gasteiger charge is 2.13. The fourth-order valence-electron chi connectivity index (χ4n) is 1.65. The van der Waals surface area contributed by atoms with Gasteiger partial charge in [0.2, 0.25) is 0 Å². The highest BCUT2D eigenvalue weighted by atomic mass is 127. The van der Waals surface area contributed by atoms with Gasteiger partial charge in [0.25, 0.3) is 5.91 Å². The van der Waals surface area contributed by atoms with Crippen molar-refractivity contribution >= 4 is 67.4 Å². The molecule has 0 aliphatic carbocycles. The number of nitrogens with one attached hydrogen (secondary N) is 1. The van der Waals surface area contributed by atoms with E-state index in [-0.39, 0.29) is 5.91 Å². The summed E-state index contributed by atoms with van der Waals surface area (Å²) in [5.41, 5.74) is 8.61. The van der Waals surface area contributed by atoms with Crippen LogP contribution in [0.25, 0.3) is 0 Å². The first-order valence-electron chi connectivity index (χ1n) is 5.70. The van der Waals surface area contributed by atoms with Gasteiger partial charge in [0, 0.05) is 18.8 Å². The van der Waals surface area contributed by atoms with Crippen LogP contribution >= 0.6 is 50.1 Å². The van der Waals surface area contributed by atoms with Crippen LogP contribution in [-0.4, -0.2) is 5.91 Å². The molecule has 2 aromatic rings. The molecule has 0 saturated heterocycles. The fourth-order valence-corrected chi connectivity index (χ4v) is 2.96. The average molecular weight is 466 g/mol. The van der Waals surface area contributed by atoms with Crippen molar-refractivity contribution in [3.8, 4) is 0 Å². The highest BCUT2D eigenvalue weighted by Crippen LogP contribution is 2.28. The predicted molar refractivity (Wildman–Crippen MR) is 95.4 cm³/mol. The Labute approximate surface area is 144 Å². The summed E-state index contributed by atoms with van der Waals surface area (Å²) in [5, 5.41) is 3.36. The summed E-state index contributed by atoms with van der Waals surface area (Å²) in [6.45, 7) is 1.91. The van der Waals surface area contributed by atoms with Gasteiger partial charge in [-0.1, -0.05) is 11.6 Å². The van der Waals surface area contributed by atoms with Gasteiger partial charge in [-0.05, 0) is 81.3 Å². The smallest absolute Gasteiger partial charge is 0.256 e. The number of rotatable bonds is 2. The van der Waals surface area contributed by atoms with E-state index < -0.39 is 0 Å². The van der Waals surface area contributed by atoms with E-state index in [0.717, 1.165) is 13.6 Å². The molecule has 0 aliphatic heterocycles. The van der Waals surface area contributed by atoms with E-state index in [1.165, 1.54) is 0 Å². The molecule has 3 N–H and O–H groups in total. The molecule has 3 nitrogen and oxygen atoms in total. The molecular weight excluding hydrogens is 454 g/mol. The Morgan fingerprint density at radius 1 is 1.35 bits per heavy atom. The lowest BCUT2D eigenvalue weighted by atomic mass is 10.1. The second-order valence-corrected chi connectivity index (χ2v) is 6.72. The minimum absolute atomic E-state index is 0.221. The van der Waals surface area contributed by atoms with Crippen LogP contribution in [0.5, 0.6) is 0 Å². The van der Waals surface area contributed by atoms with E-state index in [9.17, 15) is 4.79 Å². The van der Waals surface area contributed by atoms with Crippen molar-refractivity contribution in [3.05, 3.63) is 54.5 Å². The quantitative estimate of drug-likeness (QED) is 0.492. The number of anilines is 2. The molecule has 0 spiro atoms. The normalized spacial score (nSPS) is 10.4. The van der Waals surface area contributed by atoms with E-state index in [2.05, 4.69) is 43.8 Å². The lowest BCUT2D eigenvalue weighted by Crippen LogP contribution is -2.14. The standard InChI is InChI=1S/C14H11BrClIN2O/c1-7-4-10(15)13(6-12(7)18)19-14(20)9-5-8(16)2-3-11(9)17/h2-6H,18H2,1H3,(H,19,20). The zero-order valence-electron chi connectivity index (χ0n) is 10.5. The van der Waals surface area contributed by atoms with Crippen molar-refractivity contribution in [1.82, 2.24) is 0 Å². The van der Waals surface area contributed by atoms with Crippen LogP contribution in [0.4, 0.5) is 11.4 Å². The summed E-state index contributed by atoms with van der Waals surface area (Å²) in [7, 11) is 0. The molecule has 0 aliphatic rings. The van der Waals surface area contributed by atoms with Gasteiger partial charge in [-0.3, -0.25) is 4.79 Å². The molecule has 104 valence electrons. The highest BCUT2D eigenvalue weighted by molar-refractivity contribution is 14.1. The average Bonchev–Trinajstić information content (AvgIpc) is 2.38. The Balaban J connectivity index is 2.32. The van der Waals surface area contributed by atoms with E-state index in [1.54, 1.807) is 24.3 Å². The maximum absolute atomic E-state index is 12.3. The Morgan fingerprint density at radius 2 is 2.05 bits per heavy atom. The van der Waals surface area contributed by atoms with Gasteiger partial charge < -0.3 is 11.1 Å². The minimum Gasteiger partial charge on any atom is -0.398 e. The van der Waals surface area contributed by atoms with Gasteiger partial charge in [-0.15, -0.1) is 0 Å². The van der Waals surface area contributed by atoms with Gasteiger partial charge >= 0.3 is 0 Å². The van der Waals surface area contributed by atoms with Crippen molar-refractivity contribution in [2.75, 3.05) is 11.1 Å². The predicted octanol–water partition coefficient (Wildman–Crippen LogP) is 4.85. The molecule has 0 bridgehead atoms. The monoisotopic (exact) mass is 464 g/mol. The van der Waals surface area contributed by atoms with Crippen molar-refractivity contribution < 1.29 is 4.79 Å². The Bertz CT molecular complexity index is 691. The third kappa shape index (κ3) is 3.45. The van der Waals surface area contributed by atoms with Crippen LogP contribution in [0.1, 0.15) is 15.9 Å².